The van der Waals surface area contributed by atoms with Crippen molar-refractivity contribution in [2.75, 3.05) is 10.5 Å². The molecule has 7 nitrogen and oxygen atoms in total. The Kier molecular flexibility index (Phi) is 6.41. The number of hydrazone groups is 1. The van der Waals surface area contributed by atoms with Gasteiger partial charge in [-0.3, -0.25) is 4.72 Å². The molecular formula is C23H21F2N3O4S2. The van der Waals surface area contributed by atoms with Gasteiger partial charge in [0.1, 0.15) is 11.6 Å². The summed E-state index contributed by atoms with van der Waals surface area (Å²) >= 11 is 0. The third kappa shape index (κ3) is 4.80. The molecule has 0 saturated carbocycles. The minimum absolute atomic E-state index is 0.0814. The number of sulfonamides is 2. The van der Waals surface area contributed by atoms with Crippen LogP contribution in [0.25, 0.3) is 0 Å². The van der Waals surface area contributed by atoms with Gasteiger partial charge in [-0.2, -0.15) is 17.9 Å². The van der Waals surface area contributed by atoms with E-state index in [-0.39, 0.29) is 22.6 Å². The normalized spacial score (nSPS) is 16.4. The molecule has 1 heterocycles. The molecule has 0 aromatic heterocycles. The van der Waals surface area contributed by atoms with Crippen molar-refractivity contribution in [1.29, 1.82) is 0 Å². The van der Waals surface area contributed by atoms with Gasteiger partial charge in [0.2, 0.25) is 10.0 Å². The van der Waals surface area contributed by atoms with Crippen LogP contribution in [0.2, 0.25) is 0 Å². The monoisotopic (exact) mass is 505 g/mol. The Hall–Kier alpha value is -3.31. The van der Waals surface area contributed by atoms with Gasteiger partial charge < -0.3 is 0 Å². The lowest BCUT2D eigenvalue weighted by atomic mass is 9.99. The number of halogens is 2. The first-order valence-corrected chi connectivity index (χ1v) is 13.4. The van der Waals surface area contributed by atoms with Crippen LogP contribution >= 0.6 is 0 Å². The van der Waals surface area contributed by atoms with Gasteiger partial charge in [0.15, 0.2) is 0 Å². The summed E-state index contributed by atoms with van der Waals surface area (Å²) in [5, 5.41) is 4.31. The maximum absolute atomic E-state index is 14.6. The van der Waals surface area contributed by atoms with Crippen LogP contribution in [0, 0.1) is 11.6 Å². The average Bonchev–Trinajstić information content (AvgIpc) is 3.26. The molecule has 0 spiro atoms. The molecule has 1 aliphatic heterocycles. The quantitative estimate of drug-likeness (QED) is 0.519. The zero-order valence-corrected chi connectivity index (χ0v) is 19.7. The van der Waals surface area contributed by atoms with Crippen LogP contribution in [0.15, 0.2) is 82.8 Å². The van der Waals surface area contributed by atoms with Crippen molar-refractivity contribution in [3.63, 3.8) is 0 Å². The van der Waals surface area contributed by atoms with Crippen LogP contribution in [-0.4, -0.2) is 32.7 Å². The van der Waals surface area contributed by atoms with E-state index in [2.05, 4.69) is 9.82 Å². The van der Waals surface area contributed by atoms with Gasteiger partial charge in [-0.1, -0.05) is 30.3 Å². The van der Waals surface area contributed by atoms with Gasteiger partial charge in [-0.15, -0.1) is 0 Å². The van der Waals surface area contributed by atoms with E-state index >= 15 is 0 Å². The molecule has 11 heteroatoms. The lowest BCUT2D eigenvalue weighted by Gasteiger charge is -2.23. The molecular weight excluding hydrogens is 484 g/mol. The Labute approximate surface area is 196 Å². The molecule has 0 aliphatic carbocycles. The summed E-state index contributed by atoms with van der Waals surface area (Å²) < 4.78 is 81.6. The third-order valence-corrected chi connectivity index (χ3v) is 8.37. The highest BCUT2D eigenvalue weighted by Gasteiger charge is 2.38. The summed E-state index contributed by atoms with van der Waals surface area (Å²) in [5.74, 6) is -1.25. The fourth-order valence-electron chi connectivity index (χ4n) is 3.56. The van der Waals surface area contributed by atoms with E-state index in [0.29, 0.717) is 17.0 Å². The minimum atomic E-state index is -4.23. The Bertz CT molecular complexity index is 1440. The van der Waals surface area contributed by atoms with Crippen LogP contribution in [0.5, 0.6) is 0 Å². The zero-order valence-electron chi connectivity index (χ0n) is 18.0. The first-order chi connectivity index (χ1) is 16.1. The third-order valence-electron chi connectivity index (χ3n) is 5.37. The predicted molar refractivity (Wildman–Crippen MR) is 125 cm³/mol. The van der Waals surface area contributed by atoms with Gasteiger partial charge in [-0.05, 0) is 55.0 Å². The van der Waals surface area contributed by atoms with Gasteiger partial charge in [0.25, 0.3) is 10.0 Å². The van der Waals surface area contributed by atoms with Gasteiger partial charge in [-0.25, -0.2) is 17.2 Å². The largest absolute Gasteiger partial charge is 0.284 e. The molecule has 1 atom stereocenters. The Morgan fingerprint density at radius 1 is 0.941 bits per heavy atom. The zero-order chi connectivity index (χ0) is 24.5. The Balaban J connectivity index is 1.73. The predicted octanol–water partition coefficient (Wildman–Crippen LogP) is 4.27. The first kappa shape index (κ1) is 23.8. The lowest BCUT2D eigenvalue weighted by molar-refractivity contribution is 0.362. The number of rotatable bonds is 7. The fraction of sp³-hybridized carbons (Fsp3) is 0.174. The van der Waals surface area contributed by atoms with Crippen molar-refractivity contribution in [3.05, 3.63) is 95.6 Å². The van der Waals surface area contributed by atoms with E-state index in [1.807, 2.05) is 0 Å². The van der Waals surface area contributed by atoms with E-state index in [1.54, 1.807) is 30.3 Å². The highest BCUT2D eigenvalue weighted by Crippen LogP contribution is 2.38. The number of hydrogen-bond donors (Lipinski definition) is 1. The second-order valence-corrected chi connectivity index (χ2v) is 11.4. The smallest absolute Gasteiger partial charge is 0.279 e. The maximum atomic E-state index is 14.6. The molecule has 0 amide bonds. The average molecular weight is 506 g/mol. The second-order valence-electron chi connectivity index (χ2n) is 7.60. The van der Waals surface area contributed by atoms with E-state index in [4.69, 9.17) is 0 Å². The fourth-order valence-corrected chi connectivity index (χ4v) is 5.62. The highest BCUT2D eigenvalue weighted by molar-refractivity contribution is 7.92. The summed E-state index contributed by atoms with van der Waals surface area (Å²) in [6, 6.07) is 15.5. The SMILES string of the molecule is CCS(=O)(=O)Nc1ccc(C2=NN(S(=O)(=O)c3ccc(F)cc3)[C@@H](c3ccccc3F)C2)cc1. The standard InChI is InChI=1S/C23H21F2N3O4S2/c1-2-33(29,30)27-18-11-7-16(8-12-18)22-15-23(20-5-3-4-6-21(20)25)28(26-22)34(31,32)19-13-9-17(24)10-14-19/h3-14,23,27H,2,15H2,1H3/t23-/m1/s1. The number of benzene rings is 3. The van der Waals surface area contributed by atoms with Crippen LogP contribution in [0.3, 0.4) is 0 Å². The van der Waals surface area contributed by atoms with Crippen LogP contribution in [0.1, 0.15) is 30.5 Å². The summed E-state index contributed by atoms with van der Waals surface area (Å²) in [5.41, 5.74) is 1.44. The van der Waals surface area contributed by atoms with Crippen molar-refractivity contribution >= 4 is 31.4 Å². The molecule has 0 saturated heterocycles. The molecule has 4 rings (SSSR count). The molecule has 34 heavy (non-hydrogen) atoms. The van der Waals surface area contributed by atoms with Gasteiger partial charge in [0, 0.05) is 17.7 Å². The van der Waals surface area contributed by atoms with Crippen molar-refractivity contribution in [3.8, 4) is 0 Å². The molecule has 0 radical (unpaired) electrons. The Morgan fingerprint density at radius 2 is 1.59 bits per heavy atom. The Morgan fingerprint density at radius 3 is 2.21 bits per heavy atom. The van der Waals surface area contributed by atoms with Crippen LogP contribution < -0.4 is 4.72 Å². The van der Waals surface area contributed by atoms with Crippen molar-refractivity contribution < 1.29 is 25.6 Å². The molecule has 3 aromatic carbocycles. The molecule has 1 aliphatic rings. The van der Waals surface area contributed by atoms with E-state index in [0.717, 1.165) is 28.7 Å². The van der Waals surface area contributed by atoms with Crippen LogP contribution in [0.4, 0.5) is 14.5 Å². The second kappa shape index (κ2) is 9.15. The topological polar surface area (TPSA) is 95.9 Å². The van der Waals surface area contributed by atoms with Gasteiger partial charge in [0.05, 0.1) is 22.4 Å². The van der Waals surface area contributed by atoms with Crippen molar-refractivity contribution in [2.45, 2.75) is 24.3 Å². The molecule has 0 unspecified atom stereocenters. The number of nitrogens with one attached hydrogen (secondary N) is 1. The summed E-state index contributed by atoms with van der Waals surface area (Å²) in [4.78, 5) is -0.176. The number of hydrogen-bond acceptors (Lipinski definition) is 5. The van der Waals surface area contributed by atoms with E-state index in [9.17, 15) is 25.6 Å². The van der Waals surface area contributed by atoms with Crippen molar-refractivity contribution in [1.82, 2.24) is 4.41 Å². The lowest BCUT2D eigenvalue weighted by Crippen LogP contribution is -2.28. The summed E-state index contributed by atoms with van der Waals surface area (Å²) in [6.07, 6.45) is 0.0847. The van der Waals surface area contributed by atoms with Crippen LogP contribution in [-0.2, 0) is 20.0 Å². The van der Waals surface area contributed by atoms with E-state index < -0.39 is 37.7 Å². The first-order valence-electron chi connectivity index (χ1n) is 10.3. The minimum Gasteiger partial charge on any atom is -0.284 e. The molecule has 0 fully saturated rings. The highest BCUT2D eigenvalue weighted by atomic mass is 32.2. The molecule has 0 bridgehead atoms. The molecule has 178 valence electrons. The molecule has 3 aromatic rings. The number of nitrogens with zero attached hydrogens (tertiary/aromatic N) is 2. The summed E-state index contributed by atoms with van der Waals surface area (Å²) in [6.45, 7) is 1.52. The van der Waals surface area contributed by atoms with Crippen molar-refractivity contribution in [2.24, 2.45) is 5.10 Å². The molecule has 1 N–H and O–H groups in total. The summed E-state index contributed by atoms with van der Waals surface area (Å²) in [7, 11) is -7.68. The maximum Gasteiger partial charge on any atom is 0.279 e. The number of anilines is 1. The van der Waals surface area contributed by atoms with Gasteiger partial charge >= 0.3 is 0 Å². The van der Waals surface area contributed by atoms with E-state index in [1.165, 1.54) is 25.1 Å².